The molecular formula is C14H10BrN3S. The summed E-state index contributed by atoms with van der Waals surface area (Å²) < 4.78 is 1.47. The second-order valence-corrected chi connectivity index (χ2v) is 5.37. The third kappa shape index (κ3) is 2.67. The van der Waals surface area contributed by atoms with Gasteiger partial charge in [-0.2, -0.15) is 0 Å². The number of hydrogen-bond donors (Lipinski definition) is 2. The summed E-state index contributed by atoms with van der Waals surface area (Å²) >= 11 is 8.63. The summed E-state index contributed by atoms with van der Waals surface area (Å²) in [7, 11) is 0. The van der Waals surface area contributed by atoms with E-state index in [1.165, 1.54) is 0 Å². The number of H-pyrrole nitrogens is 1. The molecule has 3 rings (SSSR count). The molecule has 3 aromatic rings. The fourth-order valence-electron chi connectivity index (χ4n) is 1.88. The fourth-order valence-corrected chi connectivity index (χ4v) is 2.44. The molecule has 3 nitrogen and oxygen atoms in total. The lowest BCUT2D eigenvalue weighted by Crippen LogP contribution is -1.96. The minimum Gasteiger partial charge on any atom is -0.340 e. The zero-order chi connectivity index (χ0) is 13.2. The van der Waals surface area contributed by atoms with Crippen LogP contribution in [0.5, 0.6) is 0 Å². The van der Waals surface area contributed by atoms with Crippen LogP contribution in [0.4, 0.5) is 11.5 Å². The van der Waals surface area contributed by atoms with Crippen LogP contribution in [0.1, 0.15) is 0 Å². The quantitative estimate of drug-likeness (QED) is 0.663. The van der Waals surface area contributed by atoms with Gasteiger partial charge < -0.3 is 10.3 Å². The normalized spacial score (nSPS) is 10.6. The van der Waals surface area contributed by atoms with Crippen molar-refractivity contribution < 1.29 is 0 Å². The number of aromatic amines is 1. The Morgan fingerprint density at radius 3 is 2.68 bits per heavy atom. The molecule has 1 aromatic heterocycles. The highest BCUT2D eigenvalue weighted by Gasteiger charge is 2.04. The number of nitrogens with zero attached hydrogens (tertiary/aromatic N) is 1. The van der Waals surface area contributed by atoms with Gasteiger partial charge in [0.15, 0.2) is 4.77 Å². The molecule has 0 aliphatic heterocycles. The summed E-state index contributed by atoms with van der Waals surface area (Å²) in [5.41, 5.74) is 1.94. The van der Waals surface area contributed by atoms with Gasteiger partial charge in [0.25, 0.3) is 0 Å². The van der Waals surface area contributed by atoms with E-state index in [0.717, 1.165) is 26.9 Å². The summed E-state index contributed by atoms with van der Waals surface area (Å²) in [6.07, 6.45) is 0. The van der Waals surface area contributed by atoms with Crippen molar-refractivity contribution in [2.45, 2.75) is 0 Å². The van der Waals surface area contributed by atoms with E-state index >= 15 is 0 Å². The molecule has 0 saturated carbocycles. The van der Waals surface area contributed by atoms with Crippen LogP contribution in [-0.4, -0.2) is 9.97 Å². The van der Waals surface area contributed by atoms with E-state index in [1.807, 2.05) is 48.5 Å². The number of nitrogens with one attached hydrogen (secondary N) is 2. The molecule has 5 heteroatoms. The van der Waals surface area contributed by atoms with Gasteiger partial charge in [-0.1, -0.05) is 34.1 Å². The van der Waals surface area contributed by atoms with Crippen molar-refractivity contribution in [2.24, 2.45) is 0 Å². The predicted molar refractivity (Wildman–Crippen MR) is 84.4 cm³/mol. The van der Waals surface area contributed by atoms with E-state index < -0.39 is 0 Å². The predicted octanol–water partition coefficient (Wildman–Crippen LogP) is 4.80. The van der Waals surface area contributed by atoms with Crippen molar-refractivity contribution in [3.05, 3.63) is 57.8 Å². The largest absolute Gasteiger partial charge is 0.340 e. The molecule has 0 atom stereocenters. The van der Waals surface area contributed by atoms with Crippen molar-refractivity contribution in [1.82, 2.24) is 9.97 Å². The van der Waals surface area contributed by atoms with Crippen LogP contribution in [0, 0.1) is 4.77 Å². The highest BCUT2D eigenvalue weighted by atomic mass is 79.9. The Hall–Kier alpha value is -1.72. The molecule has 19 heavy (non-hydrogen) atoms. The standard InChI is InChI=1S/C14H10BrN3S/c15-9-6-7-12-11(8-9)13(18-14(19)17-12)16-10-4-2-1-3-5-10/h1-8H,(H2,16,17,18,19). The first-order valence-electron chi connectivity index (χ1n) is 5.74. The van der Waals surface area contributed by atoms with Gasteiger partial charge >= 0.3 is 0 Å². The van der Waals surface area contributed by atoms with Gasteiger partial charge in [0.1, 0.15) is 5.82 Å². The van der Waals surface area contributed by atoms with Crippen molar-refractivity contribution in [3.8, 4) is 0 Å². The van der Waals surface area contributed by atoms with Gasteiger partial charge in [-0.05, 0) is 42.5 Å². The molecule has 0 fully saturated rings. The lowest BCUT2D eigenvalue weighted by molar-refractivity contribution is 1.18. The van der Waals surface area contributed by atoms with E-state index in [4.69, 9.17) is 12.2 Å². The van der Waals surface area contributed by atoms with Crippen LogP contribution in [-0.2, 0) is 0 Å². The van der Waals surface area contributed by atoms with Crippen molar-refractivity contribution >= 4 is 50.6 Å². The number of anilines is 2. The first kappa shape index (κ1) is 12.3. The van der Waals surface area contributed by atoms with Crippen molar-refractivity contribution in [2.75, 3.05) is 5.32 Å². The lowest BCUT2D eigenvalue weighted by Gasteiger charge is -2.09. The minimum absolute atomic E-state index is 0.466. The first-order valence-corrected chi connectivity index (χ1v) is 6.94. The second kappa shape index (κ2) is 5.11. The molecule has 0 unspecified atom stereocenters. The Kier molecular flexibility index (Phi) is 3.31. The summed E-state index contributed by atoms with van der Waals surface area (Å²) in [4.78, 5) is 7.45. The Bertz CT molecular complexity index is 784. The Labute approximate surface area is 123 Å². The lowest BCUT2D eigenvalue weighted by atomic mass is 10.2. The third-order valence-corrected chi connectivity index (χ3v) is 3.41. The zero-order valence-electron chi connectivity index (χ0n) is 9.85. The van der Waals surface area contributed by atoms with Crippen molar-refractivity contribution in [1.29, 1.82) is 0 Å². The molecule has 0 spiro atoms. The number of para-hydroxylation sites is 1. The monoisotopic (exact) mass is 331 g/mol. The topological polar surface area (TPSA) is 40.7 Å². The van der Waals surface area contributed by atoms with E-state index in [9.17, 15) is 0 Å². The SMILES string of the molecule is S=c1nc(Nc2ccccc2)c2cc(Br)ccc2[nH]1. The Morgan fingerprint density at radius 1 is 1.11 bits per heavy atom. The molecule has 0 bridgehead atoms. The third-order valence-electron chi connectivity index (χ3n) is 2.73. The molecule has 0 radical (unpaired) electrons. The molecule has 0 aliphatic carbocycles. The number of aromatic nitrogens is 2. The van der Waals surface area contributed by atoms with Crippen LogP contribution >= 0.6 is 28.1 Å². The van der Waals surface area contributed by atoms with Gasteiger partial charge in [-0.25, -0.2) is 4.98 Å². The highest BCUT2D eigenvalue weighted by Crippen LogP contribution is 2.26. The van der Waals surface area contributed by atoms with Gasteiger partial charge in [0.2, 0.25) is 0 Å². The number of rotatable bonds is 2. The Balaban J connectivity index is 2.17. The maximum absolute atomic E-state index is 5.16. The van der Waals surface area contributed by atoms with E-state index in [-0.39, 0.29) is 0 Å². The van der Waals surface area contributed by atoms with Gasteiger partial charge in [-0.3, -0.25) is 0 Å². The van der Waals surface area contributed by atoms with E-state index in [0.29, 0.717) is 4.77 Å². The number of halogens is 1. The molecule has 1 heterocycles. The van der Waals surface area contributed by atoms with Crippen LogP contribution < -0.4 is 5.32 Å². The van der Waals surface area contributed by atoms with Gasteiger partial charge in [-0.15, -0.1) is 0 Å². The molecule has 94 valence electrons. The molecule has 0 amide bonds. The highest BCUT2D eigenvalue weighted by molar-refractivity contribution is 9.10. The number of benzene rings is 2. The zero-order valence-corrected chi connectivity index (χ0v) is 12.3. The van der Waals surface area contributed by atoms with Crippen LogP contribution in [0.15, 0.2) is 53.0 Å². The average Bonchev–Trinajstić information content (AvgIpc) is 2.41. The summed E-state index contributed by atoms with van der Waals surface area (Å²) in [5, 5.41) is 4.29. The second-order valence-electron chi connectivity index (χ2n) is 4.07. The molecule has 2 aromatic carbocycles. The molecular weight excluding hydrogens is 322 g/mol. The molecule has 2 N–H and O–H groups in total. The smallest absolute Gasteiger partial charge is 0.199 e. The average molecular weight is 332 g/mol. The molecule has 0 aliphatic rings. The van der Waals surface area contributed by atoms with E-state index in [1.54, 1.807) is 0 Å². The van der Waals surface area contributed by atoms with Crippen LogP contribution in [0.3, 0.4) is 0 Å². The maximum atomic E-state index is 5.16. The summed E-state index contributed by atoms with van der Waals surface area (Å²) in [6, 6.07) is 15.9. The number of fused-ring (bicyclic) bond motifs is 1. The fraction of sp³-hybridized carbons (Fsp3) is 0. The van der Waals surface area contributed by atoms with E-state index in [2.05, 4.69) is 31.2 Å². The van der Waals surface area contributed by atoms with Gasteiger partial charge in [0.05, 0.1) is 5.52 Å². The van der Waals surface area contributed by atoms with Gasteiger partial charge in [0, 0.05) is 15.5 Å². The Morgan fingerprint density at radius 2 is 1.89 bits per heavy atom. The first-order chi connectivity index (χ1) is 9.22. The van der Waals surface area contributed by atoms with Crippen molar-refractivity contribution in [3.63, 3.8) is 0 Å². The number of hydrogen-bond acceptors (Lipinski definition) is 3. The maximum Gasteiger partial charge on any atom is 0.199 e. The summed E-state index contributed by atoms with van der Waals surface area (Å²) in [5.74, 6) is 0.756. The van der Waals surface area contributed by atoms with Crippen LogP contribution in [0.25, 0.3) is 10.9 Å². The summed E-state index contributed by atoms with van der Waals surface area (Å²) in [6.45, 7) is 0. The minimum atomic E-state index is 0.466. The molecule has 0 saturated heterocycles. The van der Waals surface area contributed by atoms with Crippen LogP contribution in [0.2, 0.25) is 0 Å².